The Kier molecular flexibility index (Phi) is 21.5. The van der Waals surface area contributed by atoms with Crippen molar-refractivity contribution in [3.63, 3.8) is 0 Å². The Morgan fingerprint density at radius 2 is 1.04 bits per heavy atom. The number of aliphatic hydroxyl groups excluding tert-OH is 1. The molecule has 23 heavy (non-hydrogen) atoms. The number of rotatable bonds is 20. The SMILES string of the molecule is CCCNCCOCCOCCOCCOCCOCCCO. The van der Waals surface area contributed by atoms with Gasteiger partial charge in [0, 0.05) is 19.8 Å². The number of ether oxygens (including phenoxy) is 5. The summed E-state index contributed by atoms with van der Waals surface area (Å²) in [7, 11) is 0. The van der Waals surface area contributed by atoms with Gasteiger partial charge in [-0.15, -0.1) is 0 Å². The molecule has 0 aromatic heterocycles. The van der Waals surface area contributed by atoms with Crippen LogP contribution in [0.3, 0.4) is 0 Å². The highest BCUT2D eigenvalue weighted by atomic mass is 16.6. The zero-order valence-electron chi connectivity index (χ0n) is 14.6. The van der Waals surface area contributed by atoms with Gasteiger partial charge in [0.15, 0.2) is 0 Å². The van der Waals surface area contributed by atoms with Crippen LogP contribution in [0.1, 0.15) is 19.8 Å². The number of nitrogens with one attached hydrogen (secondary N) is 1. The summed E-state index contributed by atoms with van der Waals surface area (Å²) >= 11 is 0. The fourth-order valence-electron chi connectivity index (χ4n) is 1.59. The fourth-order valence-corrected chi connectivity index (χ4v) is 1.59. The zero-order valence-corrected chi connectivity index (χ0v) is 14.6. The predicted octanol–water partition coefficient (Wildman–Crippen LogP) is 0.451. The minimum Gasteiger partial charge on any atom is -0.396 e. The Labute approximate surface area is 140 Å². The van der Waals surface area contributed by atoms with E-state index in [-0.39, 0.29) is 6.61 Å². The number of aliphatic hydroxyl groups is 1. The van der Waals surface area contributed by atoms with Crippen molar-refractivity contribution in [3.05, 3.63) is 0 Å². The molecular weight excluding hydrogens is 302 g/mol. The molecule has 140 valence electrons. The van der Waals surface area contributed by atoms with Crippen molar-refractivity contribution in [2.45, 2.75) is 19.8 Å². The van der Waals surface area contributed by atoms with Crippen LogP contribution in [0, 0.1) is 0 Å². The lowest BCUT2D eigenvalue weighted by Gasteiger charge is -2.08. The van der Waals surface area contributed by atoms with Crippen LogP contribution in [0.25, 0.3) is 0 Å². The molecule has 0 saturated heterocycles. The normalized spacial score (nSPS) is 11.2. The molecule has 0 atom stereocenters. The van der Waals surface area contributed by atoms with Gasteiger partial charge in [-0.3, -0.25) is 0 Å². The first-order valence-corrected chi connectivity index (χ1v) is 8.62. The van der Waals surface area contributed by atoms with Crippen molar-refractivity contribution in [2.75, 3.05) is 85.8 Å². The summed E-state index contributed by atoms with van der Waals surface area (Å²) in [6.07, 6.45) is 1.82. The second-order valence-electron chi connectivity index (χ2n) is 4.89. The van der Waals surface area contributed by atoms with E-state index in [9.17, 15) is 0 Å². The lowest BCUT2D eigenvalue weighted by atomic mass is 10.5. The standard InChI is InChI=1S/C16H35NO6/c1-2-4-17-5-8-20-10-12-22-14-16-23-15-13-21-11-9-19-7-3-6-18/h17-18H,2-16H2,1H3. The van der Waals surface area contributed by atoms with Crippen molar-refractivity contribution < 1.29 is 28.8 Å². The summed E-state index contributed by atoms with van der Waals surface area (Å²) in [4.78, 5) is 0. The maximum atomic E-state index is 8.56. The van der Waals surface area contributed by atoms with Crippen molar-refractivity contribution in [2.24, 2.45) is 0 Å². The van der Waals surface area contributed by atoms with Crippen molar-refractivity contribution >= 4 is 0 Å². The smallest absolute Gasteiger partial charge is 0.0701 e. The van der Waals surface area contributed by atoms with E-state index >= 15 is 0 Å². The lowest BCUT2D eigenvalue weighted by molar-refractivity contribution is -0.0114. The van der Waals surface area contributed by atoms with Gasteiger partial charge in [0.25, 0.3) is 0 Å². The molecule has 0 spiro atoms. The molecule has 7 heteroatoms. The van der Waals surface area contributed by atoms with Crippen LogP contribution < -0.4 is 5.32 Å². The molecule has 0 saturated carbocycles. The van der Waals surface area contributed by atoms with E-state index in [1.807, 2.05) is 0 Å². The molecular formula is C16H35NO6. The van der Waals surface area contributed by atoms with Crippen LogP contribution in [0.15, 0.2) is 0 Å². The van der Waals surface area contributed by atoms with E-state index in [4.69, 9.17) is 28.8 Å². The lowest BCUT2D eigenvalue weighted by Crippen LogP contribution is -2.21. The van der Waals surface area contributed by atoms with E-state index in [0.717, 1.165) is 26.1 Å². The molecule has 2 N–H and O–H groups in total. The Morgan fingerprint density at radius 3 is 1.48 bits per heavy atom. The summed E-state index contributed by atoms with van der Waals surface area (Å²) in [5, 5.41) is 11.8. The van der Waals surface area contributed by atoms with Gasteiger partial charge in [0.2, 0.25) is 0 Å². The van der Waals surface area contributed by atoms with E-state index in [2.05, 4.69) is 12.2 Å². The summed E-state index contributed by atoms with van der Waals surface area (Å²) in [5.74, 6) is 0. The molecule has 0 aliphatic rings. The fraction of sp³-hybridized carbons (Fsp3) is 1.00. The van der Waals surface area contributed by atoms with Crippen LogP contribution in [0.2, 0.25) is 0 Å². The van der Waals surface area contributed by atoms with Gasteiger partial charge in [0.05, 0.1) is 59.5 Å². The maximum absolute atomic E-state index is 8.56. The molecule has 0 bridgehead atoms. The van der Waals surface area contributed by atoms with Crippen molar-refractivity contribution in [1.82, 2.24) is 5.32 Å². The Morgan fingerprint density at radius 1 is 0.609 bits per heavy atom. The molecule has 0 heterocycles. The van der Waals surface area contributed by atoms with Gasteiger partial charge in [-0.1, -0.05) is 6.92 Å². The monoisotopic (exact) mass is 337 g/mol. The Bertz CT molecular complexity index is 189. The van der Waals surface area contributed by atoms with Gasteiger partial charge < -0.3 is 34.1 Å². The molecule has 0 aliphatic carbocycles. The van der Waals surface area contributed by atoms with Gasteiger partial charge in [0.1, 0.15) is 0 Å². The second kappa shape index (κ2) is 21.7. The van der Waals surface area contributed by atoms with Crippen LogP contribution in [-0.2, 0) is 23.7 Å². The van der Waals surface area contributed by atoms with Gasteiger partial charge >= 0.3 is 0 Å². The minimum atomic E-state index is 0.166. The molecule has 0 aromatic rings. The average Bonchev–Trinajstić information content (AvgIpc) is 2.57. The predicted molar refractivity (Wildman–Crippen MR) is 89.0 cm³/mol. The highest BCUT2D eigenvalue weighted by molar-refractivity contribution is 4.43. The molecule has 7 nitrogen and oxygen atoms in total. The first kappa shape index (κ1) is 22.7. The summed E-state index contributed by atoms with van der Waals surface area (Å²) < 4.78 is 26.7. The molecule has 0 fully saturated rings. The number of hydrogen-bond acceptors (Lipinski definition) is 7. The number of hydrogen-bond donors (Lipinski definition) is 2. The van der Waals surface area contributed by atoms with Crippen LogP contribution >= 0.6 is 0 Å². The van der Waals surface area contributed by atoms with Crippen LogP contribution in [0.4, 0.5) is 0 Å². The summed E-state index contributed by atoms with van der Waals surface area (Å²) in [6.45, 7) is 10.1. The van der Waals surface area contributed by atoms with E-state index < -0.39 is 0 Å². The topological polar surface area (TPSA) is 78.4 Å². The Hall–Kier alpha value is -0.280. The first-order valence-electron chi connectivity index (χ1n) is 8.62. The third-order valence-electron chi connectivity index (χ3n) is 2.78. The molecule has 0 unspecified atom stereocenters. The maximum Gasteiger partial charge on any atom is 0.0701 e. The molecule has 0 rings (SSSR count). The molecule has 0 radical (unpaired) electrons. The largest absolute Gasteiger partial charge is 0.396 e. The van der Waals surface area contributed by atoms with E-state index in [1.54, 1.807) is 0 Å². The first-order chi connectivity index (χ1) is 11.4. The quantitative estimate of drug-likeness (QED) is 0.312. The molecule has 0 aliphatic heterocycles. The van der Waals surface area contributed by atoms with Gasteiger partial charge in [-0.25, -0.2) is 0 Å². The van der Waals surface area contributed by atoms with Crippen molar-refractivity contribution in [1.29, 1.82) is 0 Å². The average molecular weight is 337 g/mol. The Balaban J connectivity index is 2.92. The highest BCUT2D eigenvalue weighted by Gasteiger charge is 1.93. The van der Waals surface area contributed by atoms with E-state index in [1.165, 1.54) is 0 Å². The minimum absolute atomic E-state index is 0.166. The highest BCUT2D eigenvalue weighted by Crippen LogP contribution is 1.85. The summed E-state index contributed by atoms with van der Waals surface area (Å²) in [5.41, 5.74) is 0. The van der Waals surface area contributed by atoms with Gasteiger partial charge in [-0.05, 0) is 19.4 Å². The molecule has 0 amide bonds. The van der Waals surface area contributed by atoms with Crippen LogP contribution in [0.5, 0.6) is 0 Å². The molecule has 0 aromatic carbocycles. The van der Waals surface area contributed by atoms with Gasteiger partial charge in [-0.2, -0.15) is 0 Å². The zero-order chi connectivity index (χ0) is 16.8. The second-order valence-corrected chi connectivity index (χ2v) is 4.89. The third kappa shape index (κ3) is 21.7. The third-order valence-corrected chi connectivity index (χ3v) is 2.78. The van der Waals surface area contributed by atoms with E-state index in [0.29, 0.717) is 65.9 Å². The van der Waals surface area contributed by atoms with Crippen molar-refractivity contribution in [3.8, 4) is 0 Å². The van der Waals surface area contributed by atoms with Crippen LogP contribution in [-0.4, -0.2) is 90.9 Å². The summed E-state index contributed by atoms with van der Waals surface area (Å²) in [6, 6.07) is 0.